The van der Waals surface area contributed by atoms with E-state index in [2.05, 4.69) is 13.2 Å². The standard InChI is InChI=1S/C20H18O4/c1-5-18(21)23-17-9-7-15(8-10-17)16-11-13(3)20(14(4)12-16)24-19(22)6-2/h5-12H,1-2H2,3-4H3. The molecule has 122 valence electrons. The predicted octanol–water partition coefficient (Wildman–Crippen LogP) is 4.15. The van der Waals surface area contributed by atoms with Gasteiger partial charge in [0.15, 0.2) is 0 Å². The van der Waals surface area contributed by atoms with Crippen molar-refractivity contribution in [3.8, 4) is 22.6 Å². The van der Waals surface area contributed by atoms with Crippen molar-refractivity contribution in [1.82, 2.24) is 0 Å². The number of benzene rings is 2. The van der Waals surface area contributed by atoms with E-state index in [9.17, 15) is 9.59 Å². The van der Waals surface area contributed by atoms with Crippen LogP contribution in [0.4, 0.5) is 0 Å². The van der Waals surface area contributed by atoms with Gasteiger partial charge in [-0.15, -0.1) is 0 Å². The number of ether oxygens (including phenoxy) is 2. The largest absolute Gasteiger partial charge is 0.423 e. The van der Waals surface area contributed by atoms with Crippen LogP contribution in [0, 0.1) is 13.8 Å². The van der Waals surface area contributed by atoms with Gasteiger partial charge in [0.25, 0.3) is 0 Å². The van der Waals surface area contributed by atoms with Crippen LogP contribution in [0.3, 0.4) is 0 Å². The lowest BCUT2D eigenvalue weighted by molar-refractivity contribution is -0.129. The fourth-order valence-electron chi connectivity index (χ4n) is 2.29. The third-order valence-corrected chi connectivity index (χ3v) is 3.40. The van der Waals surface area contributed by atoms with Gasteiger partial charge in [-0.05, 0) is 60.4 Å². The second-order valence-corrected chi connectivity index (χ2v) is 5.21. The molecule has 0 aliphatic rings. The summed E-state index contributed by atoms with van der Waals surface area (Å²) in [4.78, 5) is 22.6. The van der Waals surface area contributed by atoms with Crippen molar-refractivity contribution < 1.29 is 19.1 Å². The quantitative estimate of drug-likeness (QED) is 0.471. The van der Waals surface area contributed by atoms with Crippen molar-refractivity contribution in [1.29, 1.82) is 0 Å². The monoisotopic (exact) mass is 322 g/mol. The second-order valence-electron chi connectivity index (χ2n) is 5.21. The van der Waals surface area contributed by atoms with Crippen LogP contribution in [0.5, 0.6) is 11.5 Å². The molecule has 0 amide bonds. The molecule has 0 aliphatic carbocycles. The maximum Gasteiger partial charge on any atom is 0.335 e. The van der Waals surface area contributed by atoms with Crippen LogP contribution in [0.15, 0.2) is 61.7 Å². The Kier molecular flexibility index (Phi) is 5.32. The average Bonchev–Trinajstić information content (AvgIpc) is 2.58. The van der Waals surface area contributed by atoms with Crippen LogP contribution in [0.1, 0.15) is 11.1 Å². The first-order valence-electron chi connectivity index (χ1n) is 7.34. The third-order valence-electron chi connectivity index (χ3n) is 3.40. The lowest BCUT2D eigenvalue weighted by Crippen LogP contribution is -2.06. The normalized spacial score (nSPS) is 9.92. The minimum atomic E-state index is -0.497. The van der Waals surface area contributed by atoms with E-state index in [0.29, 0.717) is 11.5 Å². The summed E-state index contributed by atoms with van der Waals surface area (Å²) in [6.07, 6.45) is 2.25. The van der Waals surface area contributed by atoms with Crippen LogP contribution < -0.4 is 9.47 Å². The van der Waals surface area contributed by atoms with Gasteiger partial charge in [0, 0.05) is 12.2 Å². The summed E-state index contributed by atoms with van der Waals surface area (Å²) in [5.41, 5.74) is 3.64. The van der Waals surface area contributed by atoms with E-state index in [0.717, 1.165) is 34.4 Å². The van der Waals surface area contributed by atoms with Crippen molar-refractivity contribution in [2.45, 2.75) is 13.8 Å². The Morgan fingerprint density at radius 3 is 1.83 bits per heavy atom. The van der Waals surface area contributed by atoms with Gasteiger partial charge in [0.05, 0.1) is 0 Å². The molecular formula is C20H18O4. The molecule has 0 aromatic heterocycles. The molecule has 4 heteroatoms. The summed E-state index contributed by atoms with van der Waals surface area (Å²) in [6, 6.07) is 11.0. The smallest absolute Gasteiger partial charge is 0.335 e. The molecule has 0 saturated heterocycles. The molecule has 2 aromatic rings. The fraction of sp³-hybridized carbons (Fsp3) is 0.100. The van der Waals surface area contributed by atoms with Gasteiger partial charge >= 0.3 is 11.9 Å². The maximum atomic E-state index is 11.4. The molecule has 0 heterocycles. The van der Waals surface area contributed by atoms with E-state index in [-0.39, 0.29) is 0 Å². The molecule has 0 fully saturated rings. The van der Waals surface area contributed by atoms with Crippen LogP contribution in [0.25, 0.3) is 11.1 Å². The van der Waals surface area contributed by atoms with E-state index in [1.165, 1.54) is 0 Å². The Morgan fingerprint density at radius 2 is 1.33 bits per heavy atom. The number of hydrogen-bond donors (Lipinski definition) is 0. The molecule has 0 saturated carbocycles. The van der Waals surface area contributed by atoms with Gasteiger partial charge in [-0.3, -0.25) is 0 Å². The number of carbonyl (C=O) groups excluding carboxylic acids is 2. The Bertz CT molecular complexity index is 778. The van der Waals surface area contributed by atoms with E-state index in [4.69, 9.17) is 9.47 Å². The van der Waals surface area contributed by atoms with Gasteiger partial charge in [0.1, 0.15) is 11.5 Å². The van der Waals surface area contributed by atoms with Crippen LogP contribution >= 0.6 is 0 Å². The highest BCUT2D eigenvalue weighted by molar-refractivity contribution is 5.84. The second kappa shape index (κ2) is 7.42. The summed E-state index contributed by atoms with van der Waals surface area (Å²) in [6.45, 7) is 10.5. The predicted molar refractivity (Wildman–Crippen MR) is 93.0 cm³/mol. The molecule has 0 spiro atoms. The Balaban J connectivity index is 2.29. The summed E-state index contributed by atoms with van der Waals surface area (Å²) in [5.74, 6) is 0.0129. The van der Waals surface area contributed by atoms with Gasteiger partial charge < -0.3 is 9.47 Å². The van der Waals surface area contributed by atoms with Crippen molar-refractivity contribution in [2.75, 3.05) is 0 Å². The fourth-order valence-corrected chi connectivity index (χ4v) is 2.29. The minimum absolute atomic E-state index is 0.452. The zero-order valence-electron chi connectivity index (χ0n) is 13.7. The van der Waals surface area contributed by atoms with Gasteiger partial charge in [-0.1, -0.05) is 25.3 Å². The zero-order chi connectivity index (χ0) is 17.7. The molecule has 0 unspecified atom stereocenters. The summed E-state index contributed by atoms with van der Waals surface area (Å²) in [5, 5.41) is 0. The van der Waals surface area contributed by atoms with Gasteiger partial charge in [-0.2, -0.15) is 0 Å². The molecular weight excluding hydrogens is 304 g/mol. The maximum absolute atomic E-state index is 11.4. The summed E-state index contributed by atoms with van der Waals surface area (Å²) < 4.78 is 10.3. The molecule has 0 radical (unpaired) electrons. The SMILES string of the molecule is C=CC(=O)Oc1ccc(-c2cc(C)c(OC(=O)C=C)c(C)c2)cc1. The molecule has 24 heavy (non-hydrogen) atoms. The number of hydrogen-bond acceptors (Lipinski definition) is 4. The highest BCUT2D eigenvalue weighted by Gasteiger charge is 2.11. The average molecular weight is 322 g/mol. The lowest BCUT2D eigenvalue weighted by Gasteiger charge is -2.12. The molecule has 0 bridgehead atoms. The first-order chi connectivity index (χ1) is 11.4. The number of carbonyl (C=O) groups is 2. The molecule has 4 nitrogen and oxygen atoms in total. The minimum Gasteiger partial charge on any atom is -0.423 e. The van der Waals surface area contributed by atoms with Crippen LogP contribution in [-0.2, 0) is 9.59 Å². The first kappa shape index (κ1) is 17.2. The van der Waals surface area contributed by atoms with Crippen LogP contribution in [-0.4, -0.2) is 11.9 Å². The highest BCUT2D eigenvalue weighted by atomic mass is 16.5. The van der Waals surface area contributed by atoms with Gasteiger partial charge in [-0.25, -0.2) is 9.59 Å². The Morgan fingerprint density at radius 1 is 0.833 bits per heavy atom. The van der Waals surface area contributed by atoms with Crippen molar-refractivity contribution in [3.05, 3.63) is 72.8 Å². The summed E-state index contributed by atoms with van der Waals surface area (Å²) >= 11 is 0. The van der Waals surface area contributed by atoms with Crippen molar-refractivity contribution in [2.24, 2.45) is 0 Å². The van der Waals surface area contributed by atoms with E-state index < -0.39 is 11.9 Å². The number of aryl methyl sites for hydroxylation is 2. The zero-order valence-corrected chi connectivity index (χ0v) is 13.7. The number of esters is 2. The molecule has 2 aromatic carbocycles. The van der Waals surface area contributed by atoms with E-state index in [1.54, 1.807) is 12.1 Å². The lowest BCUT2D eigenvalue weighted by atomic mass is 9.99. The Labute approximate surface area is 141 Å². The molecule has 0 N–H and O–H groups in total. The highest BCUT2D eigenvalue weighted by Crippen LogP contribution is 2.31. The summed E-state index contributed by atoms with van der Waals surface area (Å²) in [7, 11) is 0. The van der Waals surface area contributed by atoms with E-state index in [1.807, 2.05) is 38.1 Å². The van der Waals surface area contributed by atoms with Crippen molar-refractivity contribution in [3.63, 3.8) is 0 Å². The number of rotatable bonds is 5. The molecule has 0 atom stereocenters. The van der Waals surface area contributed by atoms with Gasteiger partial charge in [0.2, 0.25) is 0 Å². The molecule has 0 aliphatic heterocycles. The topological polar surface area (TPSA) is 52.6 Å². The van der Waals surface area contributed by atoms with Crippen LogP contribution in [0.2, 0.25) is 0 Å². The first-order valence-corrected chi connectivity index (χ1v) is 7.34. The molecule has 2 rings (SSSR count). The van der Waals surface area contributed by atoms with E-state index >= 15 is 0 Å². The third kappa shape index (κ3) is 3.98. The van der Waals surface area contributed by atoms with Crippen molar-refractivity contribution >= 4 is 11.9 Å². The Hall–Kier alpha value is -3.14.